The van der Waals surface area contributed by atoms with Crippen molar-refractivity contribution in [1.29, 1.82) is 0 Å². The summed E-state index contributed by atoms with van der Waals surface area (Å²) < 4.78 is 0. The third kappa shape index (κ3) is 9.47. The fourth-order valence-electron chi connectivity index (χ4n) is 1.91. The maximum atomic E-state index is 12.3. The Hall–Kier alpha value is -3.22. The van der Waals surface area contributed by atoms with Crippen LogP contribution in [-0.4, -0.2) is 69.9 Å². The van der Waals surface area contributed by atoms with Gasteiger partial charge in [-0.3, -0.25) is 24.0 Å². The predicted molar refractivity (Wildman–Crippen MR) is 93.4 cm³/mol. The number of carboxylic acid groups (broad SMARTS) is 2. The minimum absolute atomic E-state index is 0.148. The zero-order valence-corrected chi connectivity index (χ0v) is 15.4. The van der Waals surface area contributed by atoms with E-state index < -0.39 is 66.2 Å². The summed E-state index contributed by atoms with van der Waals surface area (Å²) in [6, 6.07) is -5.09. The van der Waals surface area contributed by atoms with Gasteiger partial charge in [-0.2, -0.15) is 0 Å². The number of carbonyl (C=O) groups is 6. The number of hydrogen-bond acceptors (Lipinski definition) is 7. The molecule has 0 rings (SSSR count). The van der Waals surface area contributed by atoms with Gasteiger partial charge in [0, 0.05) is 6.42 Å². The summed E-state index contributed by atoms with van der Waals surface area (Å²) in [5.74, 6) is -6.16. The molecule has 0 spiro atoms. The molecule has 13 heteroatoms. The van der Waals surface area contributed by atoms with Crippen LogP contribution in [0.15, 0.2) is 0 Å². The van der Waals surface area contributed by atoms with Crippen molar-refractivity contribution < 1.29 is 39.0 Å². The zero-order chi connectivity index (χ0) is 22.0. The first kappa shape index (κ1) is 24.8. The van der Waals surface area contributed by atoms with Crippen LogP contribution in [0.1, 0.15) is 33.1 Å². The minimum atomic E-state index is -1.69. The Morgan fingerprint density at radius 3 is 1.82 bits per heavy atom. The fourth-order valence-corrected chi connectivity index (χ4v) is 1.91. The van der Waals surface area contributed by atoms with Crippen LogP contribution in [-0.2, 0) is 28.8 Å². The average molecular weight is 403 g/mol. The normalized spacial score (nSPS) is 14.7. The molecule has 0 aromatic carbocycles. The van der Waals surface area contributed by atoms with Crippen molar-refractivity contribution in [3.63, 3.8) is 0 Å². The molecule has 9 N–H and O–H groups in total. The first-order chi connectivity index (χ1) is 12.8. The highest BCUT2D eigenvalue weighted by atomic mass is 16.4. The molecule has 0 fully saturated rings. The maximum absolute atomic E-state index is 12.3. The molecule has 158 valence electrons. The molecule has 4 unspecified atom stereocenters. The quantitative estimate of drug-likeness (QED) is 0.172. The van der Waals surface area contributed by atoms with E-state index in [-0.39, 0.29) is 12.8 Å². The summed E-state index contributed by atoms with van der Waals surface area (Å²) in [5.41, 5.74) is 10.4. The second-order valence-corrected chi connectivity index (χ2v) is 6.08. The van der Waals surface area contributed by atoms with Crippen molar-refractivity contribution in [3.8, 4) is 0 Å². The highest BCUT2D eigenvalue weighted by molar-refractivity contribution is 5.94. The van der Waals surface area contributed by atoms with E-state index >= 15 is 0 Å². The number of amides is 4. The van der Waals surface area contributed by atoms with Crippen LogP contribution >= 0.6 is 0 Å². The van der Waals surface area contributed by atoms with Crippen LogP contribution in [0.4, 0.5) is 0 Å². The summed E-state index contributed by atoms with van der Waals surface area (Å²) in [6.07, 6.45) is -1.23. The van der Waals surface area contributed by atoms with Gasteiger partial charge in [-0.1, -0.05) is 0 Å². The SMILES string of the molecule is CC(N)C(=O)NC(CCC(N)=O)C(=O)NC(C)C(=O)NC(CC(=O)O)C(=O)O. The molecule has 4 amide bonds. The molecule has 0 aromatic rings. The van der Waals surface area contributed by atoms with Crippen molar-refractivity contribution in [2.75, 3.05) is 0 Å². The lowest BCUT2D eigenvalue weighted by Crippen LogP contribution is -2.56. The van der Waals surface area contributed by atoms with Crippen LogP contribution in [0.2, 0.25) is 0 Å². The third-order valence-electron chi connectivity index (χ3n) is 3.47. The molecule has 0 aliphatic rings. The smallest absolute Gasteiger partial charge is 0.326 e. The molecule has 0 aliphatic carbocycles. The van der Waals surface area contributed by atoms with Crippen molar-refractivity contribution >= 4 is 35.6 Å². The number of aliphatic carboxylic acids is 2. The Balaban J connectivity index is 5.02. The molecular weight excluding hydrogens is 378 g/mol. The highest BCUT2D eigenvalue weighted by Crippen LogP contribution is 2.00. The number of nitrogens with two attached hydrogens (primary N) is 2. The van der Waals surface area contributed by atoms with Gasteiger partial charge < -0.3 is 37.6 Å². The maximum Gasteiger partial charge on any atom is 0.326 e. The Morgan fingerprint density at radius 1 is 0.857 bits per heavy atom. The largest absolute Gasteiger partial charge is 0.481 e. The third-order valence-corrected chi connectivity index (χ3v) is 3.47. The van der Waals surface area contributed by atoms with Crippen LogP contribution in [0, 0.1) is 0 Å². The van der Waals surface area contributed by atoms with Crippen LogP contribution in [0.25, 0.3) is 0 Å². The zero-order valence-electron chi connectivity index (χ0n) is 15.4. The molecule has 0 saturated carbocycles. The highest BCUT2D eigenvalue weighted by Gasteiger charge is 2.28. The monoisotopic (exact) mass is 403 g/mol. The van der Waals surface area contributed by atoms with Crippen molar-refractivity contribution in [2.45, 2.75) is 57.3 Å². The Kier molecular flexibility index (Phi) is 10.2. The van der Waals surface area contributed by atoms with Gasteiger partial charge in [0.2, 0.25) is 23.6 Å². The summed E-state index contributed by atoms with van der Waals surface area (Å²) in [5, 5.41) is 24.1. The molecule has 0 radical (unpaired) electrons. The predicted octanol–water partition coefficient (Wildman–Crippen LogP) is -3.37. The van der Waals surface area contributed by atoms with E-state index in [1.54, 1.807) is 0 Å². The summed E-state index contributed by atoms with van der Waals surface area (Å²) in [4.78, 5) is 68.6. The van der Waals surface area contributed by atoms with E-state index in [1.807, 2.05) is 5.32 Å². The van der Waals surface area contributed by atoms with Crippen molar-refractivity contribution in [3.05, 3.63) is 0 Å². The standard InChI is InChI=1S/C15H25N5O8/c1-6(16)12(24)19-8(3-4-10(17)21)14(26)18-7(2)13(25)20-9(15(27)28)5-11(22)23/h6-9H,3-5,16H2,1-2H3,(H2,17,21)(H,18,26)(H,19,24)(H,20,25)(H,22,23)(H,27,28). The molecule has 0 bridgehead atoms. The molecule has 13 nitrogen and oxygen atoms in total. The van der Waals surface area contributed by atoms with Gasteiger partial charge >= 0.3 is 11.9 Å². The second-order valence-electron chi connectivity index (χ2n) is 6.08. The fraction of sp³-hybridized carbons (Fsp3) is 0.600. The van der Waals surface area contributed by atoms with E-state index in [4.69, 9.17) is 21.7 Å². The molecular formula is C15H25N5O8. The van der Waals surface area contributed by atoms with Gasteiger partial charge in [0.25, 0.3) is 0 Å². The number of rotatable bonds is 12. The van der Waals surface area contributed by atoms with Gasteiger partial charge in [-0.05, 0) is 20.3 Å². The number of carbonyl (C=O) groups excluding carboxylic acids is 4. The lowest BCUT2D eigenvalue weighted by molar-refractivity contribution is -0.147. The Labute approximate surface area is 160 Å². The lowest BCUT2D eigenvalue weighted by Gasteiger charge is -2.22. The Bertz CT molecular complexity index is 636. The van der Waals surface area contributed by atoms with Gasteiger partial charge in [-0.25, -0.2) is 4.79 Å². The molecule has 0 aliphatic heterocycles. The van der Waals surface area contributed by atoms with Gasteiger partial charge in [0.05, 0.1) is 12.5 Å². The van der Waals surface area contributed by atoms with Crippen LogP contribution in [0.5, 0.6) is 0 Å². The summed E-state index contributed by atoms with van der Waals surface area (Å²) in [7, 11) is 0. The van der Waals surface area contributed by atoms with Gasteiger partial charge in [0.1, 0.15) is 18.1 Å². The van der Waals surface area contributed by atoms with Crippen molar-refractivity contribution in [1.82, 2.24) is 16.0 Å². The molecule has 0 aromatic heterocycles. The first-order valence-electron chi connectivity index (χ1n) is 8.24. The summed E-state index contributed by atoms with van der Waals surface area (Å²) in [6.45, 7) is 2.61. The second kappa shape index (κ2) is 11.5. The number of hydrogen-bond donors (Lipinski definition) is 7. The van der Waals surface area contributed by atoms with E-state index in [2.05, 4.69) is 10.6 Å². The molecule has 4 atom stereocenters. The number of carboxylic acids is 2. The van der Waals surface area contributed by atoms with Crippen LogP contribution in [0.3, 0.4) is 0 Å². The van der Waals surface area contributed by atoms with E-state index in [9.17, 15) is 28.8 Å². The lowest BCUT2D eigenvalue weighted by atomic mass is 10.1. The first-order valence-corrected chi connectivity index (χ1v) is 8.24. The number of primary amides is 1. The minimum Gasteiger partial charge on any atom is -0.481 e. The summed E-state index contributed by atoms with van der Waals surface area (Å²) >= 11 is 0. The average Bonchev–Trinajstić information content (AvgIpc) is 2.56. The Morgan fingerprint density at radius 2 is 1.39 bits per heavy atom. The molecule has 0 heterocycles. The molecule has 28 heavy (non-hydrogen) atoms. The van der Waals surface area contributed by atoms with Crippen LogP contribution < -0.4 is 27.4 Å². The van der Waals surface area contributed by atoms with Gasteiger partial charge in [-0.15, -0.1) is 0 Å². The topological polar surface area (TPSA) is 231 Å². The van der Waals surface area contributed by atoms with E-state index in [0.717, 1.165) is 0 Å². The van der Waals surface area contributed by atoms with E-state index in [0.29, 0.717) is 0 Å². The van der Waals surface area contributed by atoms with E-state index in [1.165, 1.54) is 13.8 Å². The number of nitrogens with one attached hydrogen (secondary N) is 3. The molecule has 0 saturated heterocycles. The van der Waals surface area contributed by atoms with Crippen molar-refractivity contribution in [2.24, 2.45) is 11.5 Å². The van der Waals surface area contributed by atoms with Gasteiger partial charge in [0.15, 0.2) is 0 Å².